The number of amides is 3. The lowest BCUT2D eigenvalue weighted by Gasteiger charge is -2.17. The van der Waals surface area contributed by atoms with Crippen molar-refractivity contribution in [1.29, 1.82) is 0 Å². The van der Waals surface area contributed by atoms with Gasteiger partial charge in [0.2, 0.25) is 5.91 Å². The number of nitrogens with zero attached hydrogens (tertiary/aromatic N) is 2. The molecule has 2 heterocycles. The Kier molecular flexibility index (Phi) is 7.25. The van der Waals surface area contributed by atoms with Crippen molar-refractivity contribution in [3.63, 3.8) is 0 Å². The SMILES string of the molecule is CCCCN1C(=O)/C(=C2\C(=O)N(CC(=O)NCCc3ccccc3)c3ccccc32)SC1=S. The molecule has 0 spiro atoms. The van der Waals surface area contributed by atoms with Crippen LogP contribution in [0.3, 0.4) is 0 Å². The predicted molar refractivity (Wildman–Crippen MR) is 136 cm³/mol. The van der Waals surface area contributed by atoms with E-state index < -0.39 is 0 Å². The first kappa shape index (κ1) is 23.2. The molecule has 2 aromatic carbocycles. The Labute approximate surface area is 203 Å². The molecule has 0 aromatic heterocycles. The zero-order valence-electron chi connectivity index (χ0n) is 18.4. The minimum atomic E-state index is -0.342. The third-order valence-corrected chi connectivity index (χ3v) is 7.06. The third-order valence-electron chi connectivity index (χ3n) is 5.62. The van der Waals surface area contributed by atoms with Crippen LogP contribution in [0, 0.1) is 0 Å². The summed E-state index contributed by atoms with van der Waals surface area (Å²) in [6.45, 7) is 2.97. The predicted octanol–water partition coefficient (Wildman–Crippen LogP) is 3.76. The Morgan fingerprint density at radius 2 is 1.73 bits per heavy atom. The summed E-state index contributed by atoms with van der Waals surface area (Å²) in [6, 6.07) is 17.2. The maximum Gasteiger partial charge on any atom is 0.267 e. The van der Waals surface area contributed by atoms with E-state index >= 15 is 0 Å². The zero-order chi connectivity index (χ0) is 23.4. The Morgan fingerprint density at radius 1 is 1.00 bits per heavy atom. The number of fused-ring (bicyclic) bond motifs is 1. The smallest absolute Gasteiger partial charge is 0.267 e. The minimum absolute atomic E-state index is 0.107. The Bertz CT molecular complexity index is 1130. The summed E-state index contributed by atoms with van der Waals surface area (Å²) in [7, 11) is 0. The Morgan fingerprint density at radius 3 is 2.48 bits per heavy atom. The molecular formula is C25H25N3O3S2. The molecule has 33 heavy (non-hydrogen) atoms. The molecule has 1 saturated heterocycles. The van der Waals surface area contributed by atoms with Crippen LogP contribution in [-0.2, 0) is 20.8 Å². The molecule has 0 radical (unpaired) electrons. The van der Waals surface area contributed by atoms with Gasteiger partial charge in [0, 0.05) is 18.7 Å². The quantitative estimate of drug-likeness (QED) is 0.461. The highest BCUT2D eigenvalue weighted by atomic mass is 32.2. The molecule has 6 nitrogen and oxygen atoms in total. The van der Waals surface area contributed by atoms with Gasteiger partial charge in [-0.2, -0.15) is 0 Å². The molecule has 0 saturated carbocycles. The van der Waals surface area contributed by atoms with Crippen LogP contribution in [0.1, 0.15) is 30.9 Å². The zero-order valence-corrected chi connectivity index (χ0v) is 20.0. The van der Waals surface area contributed by atoms with Crippen molar-refractivity contribution in [2.45, 2.75) is 26.2 Å². The summed E-state index contributed by atoms with van der Waals surface area (Å²) in [5.74, 6) is -0.818. The molecule has 1 N–H and O–H groups in total. The summed E-state index contributed by atoms with van der Waals surface area (Å²) in [5, 5.41) is 2.89. The first-order valence-corrected chi connectivity index (χ1v) is 12.2. The monoisotopic (exact) mass is 479 g/mol. The number of carbonyl (C=O) groups excluding carboxylic acids is 3. The van der Waals surface area contributed by atoms with E-state index in [4.69, 9.17) is 12.2 Å². The van der Waals surface area contributed by atoms with Gasteiger partial charge in [0.05, 0.1) is 16.2 Å². The molecule has 4 rings (SSSR count). The fourth-order valence-corrected chi connectivity index (χ4v) is 5.29. The van der Waals surface area contributed by atoms with E-state index in [1.54, 1.807) is 11.0 Å². The molecule has 0 aliphatic carbocycles. The van der Waals surface area contributed by atoms with Crippen molar-refractivity contribution >= 4 is 57.3 Å². The maximum atomic E-state index is 13.4. The van der Waals surface area contributed by atoms with E-state index in [-0.39, 0.29) is 24.3 Å². The molecule has 1 fully saturated rings. The average Bonchev–Trinajstić information content (AvgIpc) is 3.25. The molecule has 170 valence electrons. The van der Waals surface area contributed by atoms with Crippen molar-refractivity contribution in [1.82, 2.24) is 10.2 Å². The van der Waals surface area contributed by atoms with Gasteiger partial charge in [0.15, 0.2) is 0 Å². The summed E-state index contributed by atoms with van der Waals surface area (Å²) < 4.78 is 0.471. The summed E-state index contributed by atoms with van der Waals surface area (Å²) in [4.78, 5) is 42.5. The lowest BCUT2D eigenvalue weighted by atomic mass is 10.1. The summed E-state index contributed by atoms with van der Waals surface area (Å²) >= 11 is 6.58. The van der Waals surface area contributed by atoms with Gasteiger partial charge < -0.3 is 5.32 Å². The Balaban J connectivity index is 1.51. The van der Waals surface area contributed by atoms with Gasteiger partial charge in [-0.05, 0) is 24.5 Å². The molecule has 2 aliphatic rings. The summed E-state index contributed by atoms with van der Waals surface area (Å²) in [5.41, 5.74) is 2.76. The van der Waals surface area contributed by atoms with Crippen LogP contribution >= 0.6 is 24.0 Å². The van der Waals surface area contributed by atoms with Crippen molar-refractivity contribution in [2.75, 3.05) is 24.5 Å². The normalized spacial score (nSPS) is 17.7. The van der Waals surface area contributed by atoms with Crippen LogP contribution in [0.25, 0.3) is 5.57 Å². The number of unbranched alkanes of at least 4 members (excludes halogenated alkanes) is 1. The van der Waals surface area contributed by atoms with Gasteiger partial charge in [-0.3, -0.25) is 24.2 Å². The second kappa shape index (κ2) is 10.3. The van der Waals surface area contributed by atoms with Crippen LogP contribution in [-0.4, -0.2) is 46.6 Å². The van der Waals surface area contributed by atoms with E-state index in [1.807, 2.05) is 48.5 Å². The third kappa shape index (κ3) is 4.86. The van der Waals surface area contributed by atoms with Crippen molar-refractivity contribution in [2.24, 2.45) is 0 Å². The number of para-hydroxylation sites is 1. The van der Waals surface area contributed by atoms with E-state index in [0.717, 1.165) is 18.4 Å². The van der Waals surface area contributed by atoms with E-state index in [9.17, 15) is 14.4 Å². The summed E-state index contributed by atoms with van der Waals surface area (Å²) in [6.07, 6.45) is 2.50. The van der Waals surface area contributed by atoms with Crippen LogP contribution in [0.5, 0.6) is 0 Å². The standard InChI is InChI=1S/C25H25N3O3S2/c1-2-3-15-27-24(31)22(33-25(27)32)21-18-11-7-8-12-19(18)28(23(21)30)16-20(29)26-14-13-17-9-5-4-6-10-17/h4-12H,2-3,13-16H2,1H3,(H,26,29)/b22-21+. The van der Waals surface area contributed by atoms with Gasteiger partial charge in [-0.15, -0.1) is 0 Å². The van der Waals surface area contributed by atoms with Crippen LogP contribution in [0.15, 0.2) is 59.5 Å². The number of rotatable bonds is 8. The molecule has 2 aromatic rings. The molecule has 0 unspecified atom stereocenters. The first-order valence-electron chi connectivity index (χ1n) is 11.0. The number of nitrogens with one attached hydrogen (secondary N) is 1. The number of hydrogen-bond acceptors (Lipinski definition) is 5. The van der Waals surface area contributed by atoms with Gasteiger partial charge in [0.25, 0.3) is 11.8 Å². The topological polar surface area (TPSA) is 69.7 Å². The maximum absolute atomic E-state index is 13.4. The van der Waals surface area contributed by atoms with Crippen LogP contribution in [0.2, 0.25) is 0 Å². The Hall–Kier alpha value is -2.97. The number of thiocarbonyl (C=S) groups is 1. The highest BCUT2D eigenvalue weighted by molar-refractivity contribution is 8.26. The molecule has 0 bridgehead atoms. The van der Waals surface area contributed by atoms with E-state index in [1.165, 1.54) is 16.7 Å². The fraction of sp³-hybridized carbons (Fsp3) is 0.280. The first-order chi connectivity index (χ1) is 16.0. The van der Waals surface area contributed by atoms with Gasteiger partial charge in [-0.1, -0.05) is 85.9 Å². The molecule has 3 amide bonds. The van der Waals surface area contributed by atoms with E-state index in [0.29, 0.717) is 45.6 Å². The highest BCUT2D eigenvalue weighted by Gasteiger charge is 2.42. The van der Waals surface area contributed by atoms with Crippen molar-refractivity contribution in [3.8, 4) is 0 Å². The van der Waals surface area contributed by atoms with Crippen molar-refractivity contribution in [3.05, 3.63) is 70.6 Å². The van der Waals surface area contributed by atoms with Gasteiger partial charge in [0.1, 0.15) is 10.9 Å². The number of carbonyl (C=O) groups is 3. The average molecular weight is 480 g/mol. The second-order valence-corrected chi connectivity index (χ2v) is 9.52. The van der Waals surface area contributed by atoms with Crippen LogP contribution < -0.4 is 10.2 Å². The number of thioether (sulfide) groups is 1. The highest BCUT2D eigenvalue weighted by Crippen LogP contribution is 2.44. The number of benzene rings is 2. The van der Waals surface area contributed by atoms with E-state index in [2.05, 4.69) is 12.2 Å². The van der Waals surface area contributed by atoms with Gasteiger partial charge >= 0.3 is 0 Å². The van der Waals surface area contributed by atoms with Crippen molar-refractivity contribution < 1.29 is 14.4 Å². The fourth-order valence-electron chi connectivity index (χ4n) is 3.91. The molecule has 0 atom stereocenters. The number of hydrogen-bond donors (Lipinski definition) is 1. The largest absolute Gasteiger partial charge is 0.354 e. The lowest BCUT2D eigenvalue weighted by molar-refractivity contribution is -0.122. The lowest BCUT2D eigenvalue weighted by Crippen LogP contribution is -2.39. The molecule has 2 aliphatic heterocycles. The van der Waals surface area contributed by atoms with Crippen LogP contribution in [0.4, 0.5) is 5.69 Å². The molecule has 8 heteroatoms. The van der Waals surface area contributed by atoms with Gasteiger partial charge in [-0.25, -0.2) is 0 Å². The second-order valence-electron chi connectivity index (χ2n) is 7.88. The molecular weight excluding hydrogens is 454 g/mol. The number of anilines is 1. The minimum Gasteiger partial charge on any atom is -0.354 e.